The summed E-state index contributed by atoms with van der Waals surface area (Å²) in [6, 6.07) is 1.97. The third-order valence-electron chi connectivity index (χ3n) is 3.11. The van der Waals surface area contributed by atoms with Crippen LogP contribution in [0.1, 0.15) is 11.8 Å². The van der Waals surface area contributed by atoms with Crippen molar-refractivity contribution in [3.05, 3.63) is 20.8 Å². The minimum Gasteiger partial charge on any atom is -0.450 e. The van der Waals surface area contributed by atoms with Crippen LogP contribution in [-0.4, -0.2) is 54.6 Å². The molecule has 0 radical (unpaired) electrons. The van der Waals surface area contributed by atoms with Gasteiger partial charge in [-0.3, -0.25) is 4.79 Å². The molecule has 2 amide bonds. The zero-order chi connectivity index (χ0) is 14.5. The average Bonchev–Trinajstić information content (AvgIpc) is 2.84. The SMILES string of the molecule is CCOC(=O)N1CCN(C(=O)Cc2cc(Br)cs2)CC1. The summed E-state index contributed by atoms with van der Waals surface area (Å²) in [6.07, 6.45) is 0.136. The van der Waals surface area contributed by atoms with E-state index < -0.39 is 0 Å². The molecule has 1 aliphatic rings. The first kappa shape index (κ1) is 15.3. The van der Waals surface area contributed by atoms with Gasteiger partial charge in [0.1, 0.15) is 0 Å². The molecule has 1 aliphatic heterocycles. The molecular formula is C13H17BrN2O3S. The number of rotatable bonds is 3. The predicted molar refractivity (Wildman–Crippen MR) is 80.9 cm³/mol. The van der Waals surface area contributed by atoms with Crippen LogP contribution in [0.2, 0.25) is 0 Å². The lowest BCUT2D eigenvalue weighted by Gasteiger charge is -2.34. The third-order valence-corrected chi connectivity index (χ3v) is 4.80. The number of nitrogens with zero attached hydrogens (tertiary/aromatic N) is 2. The van der Waals surface area contributed by atoms with Crippen LogP contribution in [0, 0.1) is 0 Å². The minimum atomic E-state index is -0.290. The van der Waals surface area contributed by atoms with E-state index in [1.807, 2.05) is 16.3 Å². The Bertz CT molecular complexity index is 484. The standard InChI is InChI=1S/C13H17BrN2O3S/c1-2-19-13(18)16-5-3-15(4-6-16)12(17)8-11-7-10(14)9-20-11/h7,9H,2-6,8H2,1H3. The van der Waals surface area contributed by atoms with Crippen molar-refractivity contribution in [1.82, 2.24) is 9.80 Å². The number of piperazine rings is 1. The molecule has 1 aromatic rings. The van der Waals surface area contributed by atoms with Gasteiger partial charge in [-0.1, -0.05) is 0 Å². The number of amides is 2. The van der Waals surface area contributed by atoms with Crippen LogP contribution in [0.3, 0.4) is 0 Å². The van der Waals surface area contributed by atoms with E-state index in [-0.39, 0.29) is 12.0 Å². The lowest BCUT2D eigenvalue weighted by Crippen LogP contribution is -2.51. The maximum Gasteiger partial charge on any atom is 0.409 e. The monoisotopic (exact) mass is 360 g/mol. The zero-order valence-electron chi connectivity index (χ0n) is 11.3. The Morgan fingerprint density at radius 3 is 2.50 bits per heavy atom. The Morgan fingerprint density at radius 1 is 1.30 bits per heavy atom. The van der Waals surface area contributed by atoms with Gasteiger partial charge in [0.25, 0.3) is 0 Å². The number of halogens is 1. The first-order chi connectivity index (χ1) is 9.60. The molecule has 0 aliphatic carbocycles. The summed E-state index contributed by atoms with van der Waals surface area (Å²) < 4.78 is 5.97. The topological polar surface area (TPSA) is 49.9 Å². The van der Waals surface area contributed by atoms with Crippen LogP contribution in [0.15, 0.2) is 15.9 Å². The number of thiophene rings is 1. The first-order valence-electron chi connectivity index (χ1n) is 6.52. The number of ether oxygens (including phenoxy) is 1. The van der Waals surface area contributed by atoms with Crippen LogP contribution in [0.4, 0.5) is 4.79 Å². The lowest BCUT2D eigenvalue weighted by molar-refractivity contribution is -0.132. The van der Waals surface area contributed by atoms with Crippen molar-refractivity contribution in [2.45, 2.75) is 13.3 Å². The summed E-state index contributed by atoms with van der Waals surface area (Å²) >= 11 is 4.96. The Balaban J connectivity index is 1.81. The minimum absolute atomic E-state index is 0.114. The van der Waals surface area contributed by atoms with Crippen molar-refractivity contribution in [3.63, 3.8) is 0 Å². The Kier molecular flexibility index (Phi) is 5.42. The van der Waals surface area contributed by atoms with Gasteiger partial charge in [0.15, 0.2) is 0 Å². The molecule has 0 unspecified atom stereocenters. The molecule has 7 heteroatoms. The van der Waals surface area contributed by atoms with Crippen molar-refractivity contribution in [2.24, 2.45) is 0 Å². The highest BCUT2D eigenvalue weighted by molar-refractivity contribution is 9.10. The summed E-state index contributed by atoms with van der Waals surface area (Å²) in [7, 11) is 0. The molecule has 1 aromatic heterocycles. The van der Waals surface area contributed by atoms with Crippen LogP contribution >= 0.6 is 27.3 Å². The smallest absolute Gasteiger partial charge is 0.409 e. The molecule has 110 valence electrons. The first-order valence-corrected chi connectivity index (χ1v) is 8.19. The largest absolute Gasteiger partial charge is 0.450 e. The zero-order valence-corrected chi connectivity index (χ0v) is 13.7. The molecular weight excluding hydrogens is 344 g/mol. The van der Waals surface area contributed by atoms with Crippen molar-refractivity contribution >= 4 is 39.3 Å². The molecule has 0 bridgehead atoms. The van der Waals surface area contributed by atoms with Gasteiger partial charge in [-0.05, 0) is 28.9 Å². The second-order valence-electron chi connectivity index (χ2n) is 4.47. The molecule has 0 N–H and O–H groups in total. The van der Waals surface area contributed by atoms with E-state index in [1.165, 1.54) is 0 Å². The fourth-order valence-corrected chi connectivity index (χ4v) is 3.50. The highest BCUT2D eigenvalue weighted by Gasteiger charge is 2.24. The van der Waals surface area contributed by atoms with E-state index in [1.54, 1.807) is 23.2 Å². The maximum atomic E-state index is 12.2. The highest BCUT2D eigenvalue weighted by Crippen LogP contribution is 2.20. The van der Waals surface area contributed by atoms with Crippen molar-refractivity contribution in [3.8, 4) is 0 Å². The molecule has 5 nitrogen and oxygen atoms in total. The second-order valence-corrected chi connectivity index (χ2v) is 6.39. The summed E-state index contributed by atoms with van der Waals surface area (Å²) in [4.78, 5) is 28.2. The van der Waals surface area contributed by atoms with Gasteiger partial charge in [-0.15, -0.1) is 11.3 Å². The summed E-state index contributed by atoms with van der Waals surface area (Å²) in [5.74, 6) is 0.114. The molecule has 2 rings (SSSR count). The maximum absolute atomic E-state index is 12.2. The van der Waals surface area contributed by atoms with E-state index in [0.29, 0.717) is 39.2 Å². The summed E-state index contributed by atoms with van der Waals surface area (Å²) in [5.41, 5.74) is 0. The van der Waals surface area contributed by atoms with Crippen LogP contribution in [0.5, 0.6) is 0 Å². The molecule has 1 saturated heterocycles. The Hall–Kier alpha value is -1.08. The van der Waals surface area contributed by atoms with Crippen molar-refractivity contribution in [1.29, 1.82) is 0 Å². The fourth-order valence-electron chi connectivity index (χ4n) is 2.06. The molecule has 2 heterocycles. The van der Waals surface area contributed by atoms with Crippen LogP contribution in [0.25, 0.3) is 0 Å². The van der Waals surface area contributed by atoms with Gasteiger partial charge in [-0.2, -0.15) is 0 Å². The normalized spacial score (nSPS) is 15.3. The predicted octanol–water partition coefficient (Wildman–Crippen LogP) is 2.35. The number of hydrogen-bond donors (Lipinski definition) is 0. The Morgan fingerprint density at radius 2 is 1.95 bits per heavy atom. The quantitative estimate of drug-likeness (QED) is 0.831. The molecule has 20 heavy (non-hydrogen) atoms. The second kappa shape index (κ2) is 7.08. The number of carbonyl (C=O) groups is 2. The van der Waals surface area contributed by atoms with E-state index in [0.717, 1.165) is 9.35 Å². The summed E-state index contributed by atoms with van der Waals surface area (Å²) in [6.45, 7) is 4.40. The van der Waals surface area contributed by atoms with Crippen LogP contribution in [-0.2, 0) is 16.0 Å². The molecule has 1 fully saturated rings. The lowest BCUT2D eigenvalue weighted by atomic mass is 10.2. The van der Waals surface area contributed by atoms with Crippen molar-refractivity contribution in [2.75, 3.05) is 32.8 Å². The van der Waals surface area contributed by atoms with Gasteiger partial charge in [0.05, 0.1) is 13.0 Å². The van der Waals surface area contributed by atoms with Crippen LogP contribution < -0.4 is 0 Å². The average molecular weight is 361 g/mol. The van der Waals surface area contributed by atoms with Gasteiger partial charge >= 0.3 is 6.09 Å². The summed E-state index contributed by atoms with van der Waals surface area (Å²) in [5, 5.41) is 1.97. The number of carbonyl (C=O) groups excluding carboxylic acids is 2. The van der Waals surface area contributed by atoms with Gasteiger partial charge in [-0.25, -0.2) is 4.79 Å². The molecule has 0 saturated carbocycles. The third kappa shape index (κ3) is 3.96. The van der Waals surface area contributed by atoms with E-state index in [4.69, 9.17) is 4.74 Å². The van der Waals surface area contributed by atoms with E-state index in [2.05, 4.69) is 15.9 Å². The Labute approximate surface area is 130 Å². The van der Waals surface area contributed by atoms with Gasteiger partial charge in [0, 0.05) is 40.9 Å². The van der Waals surface area contributed by atoms with E-state index >= 15 is 0 Å². The molecule has 0 atom stereocenters. The fraction of sp³-hybridized carbons (Fsp3) is 0.538. The van der Waals surface area contributed by atoms with Gasteiger partial charge < -0.3 is 14.5 Å². The van der Waals surface area contributed by atoms with Crippen molar-refractivity contribution < 1.29 is 14.3 Å². The van der Waals surface area contributed by atoms with E-state index in [9.17, 15) is 9.59 Å². The van der Waals surface area contributed by atoms with Gasteiger partial charge in [0.2, 0.25) is 5.91 Å². The number of hydrogen-bond acceptors (Lipinski definition) is 4. The molecule has 0 aromatic carbocycles. The highest BCUT2D eigenvalue weighted by atomic mass is 79.9. The molecule has 0 spiro atoms.